The maximum Gasteiger partial charge on any atom is -0.00922 e. The summed E-state index contributed by atoms with van der Waals surface area (Å²) in [5.74, 6) is 0. The Labute approximate surface area is 355 Å². The largest absolute Gasteiger partial charge is 0.0622 e. The highest BCUT2D eigenvalue weighted by Crippen LogP contribution is 2.46. The number of hydrogen-bond acceptors (Lipinski definition) is 0. The highest BCUT2D eigenvalue weighted by molar-refractivity contribution is 6.26. The molecule has 0 saturated heterocycles. The van der Waals surface area contributed by atoms with Crippen LogP contribution in [0.5, 0.6) is 0 Å². The highest BCUT2D eigenvalue weighted by Gasteiger charge is 2.19. The molecule has 0 aliphatic heterocycles. The third-order valence-corrected chi connectivity index (χ3v) is 12.9. The molecule has 0 heteroatoms. The molecule has 0 fully saturated rings. The topological polar surface area (TPSA) is 0 Å². The van der Waals surface area contributed by atoms with Gasteiger partial charge in [-0.3, -0.25) is 0 Å². The summed E-state index contributed by atoms with van der Waals surface area (Å²) in [4.78, 5) is 0. The Kier molecular flexibility index (Phi) is 8.18. The van der Waals surface area contributed by atoms with Crippen LogP contribution in [-0.2, 0) is 0 Å². The van der Waals surface area contributed by atoms with Crippen molar-refractivity contribution in [2.45, 2.75) is 6.92 Å². The monoisotopic (exact) mass is 772 g/mol. The fraction of sp³-hybridized carbons (Fsp3) is 0.0164. The molecule has 12 rings (SSSR count). The molecule has 0 spiro atoms. The SMILES string of the molecule is Cc1cc2c(cc1-c1ccc3c(c1)c(-c1ccccc1)cc1c4ccccc4c(-c4ccccc4)cc31)c(-c1ccccc1)cc1c3ccccc3c(-c3ccccc3)cc21. The van der Waals surface area contributed by atoms with Crippen LogP contribution in [0.15, 0.2) is 224 Å². The van der Waals surface area contributed by atoms with Crippen LogP contribution >= 0.6 is 0 Å². The van der Waals surface area contributed by atoms with Crippen LogP contribution in [0.1, 0.15) is 5.56 Å². The smallest absolute Gasteiger partial charge is 0.00922 e. The van der Waals surface area contributed by atoms with E-state index in [-0.39, 0.29) is 0 Å². The van der Waals surface area contributed by atoms with E-state index in [2.05, 4.69) is 231 Å². The van der Waals surface area contributed by atoms with E-state index in [1.807, 2.05) is 0 Å². The number of aryl methyl sites for hydroxylation is 1. The summed E-state index contributed by atoms with van der Waals surface area (Å²) in [7, 11) is 0. The minimum atomic E-state index is 1.22. The summed E-state index contributed by atoms with van der Waals surface area (Å²) in [5, 5.41) is 15.3. The van der Waals surface area contributed by atoms with Crippen molar-refractivity contribution in [2.75, 3.05) is 0 Å². The van der Waals surface area contributed by atoms with E-state index < -0.39 is 0 Å². The molecule has 12 aromatic carbocycles. The molecule has 0 unspecified atom stereocenters. The second-order valence-electron chi connectivity index (χ2n) is 16.4. The van der Waals surface area contributed by atoms with Crippen LogP contribution in [0.2, 0.25) is 0 Å². The van der Waals surface area contributed by atoms with E-state index in [0.29, 0.717) is 0 Å². The summed E-state index contributed by atoms with van der Waals surface area (Å²) in [5.41, 5.74) is 13.6. The average Bonchev–Trinajstić information content (AvgIpc) is 3.33. The molecule has 0 N–H and O–H groups in total. The molecule has 12 aromatic rings. The van der Waals surface area contributed by atoms with Crippen molar-refractivity contribution in [3.63, 3.8) is 0 Å². The van der Waals surface area contributed by atoms with E-state index in [1.54, 1.807) is 0 Å². The molecule has 0 bridgehead atoms. The average molecular weight is 773 g/mol. The Hall–Kier alpha value is -7.80. The van der Waals surface area contributed by atoms with Gasteiger partial charge in [-0.25, -0.2) is 0 Å². The van der Waals surface area contributed by atoms with E-state index >= 15 is 0 Å². The van der Waals surface area contributed by atoms with Crippen LogP contribution < -0.4 is 0 Å². The normalized spacial score (nSPS) is 11.7. The summed E-state index contributed by atoms with van der Waals surface area (Å²) in [6, 6.07) is 83.2. The van der Waals surface area contributed by atoms with Crippen molar-refractivity contribution >= 4 is 64.6 Å². The molecule has 0 atom stereocenters. The van der Waals surface area contributed by atoms with Crippen molar-refractivity contribution in [2.24, 2.45) is 0 Å². The van der Waals surface area contributed by atoms with Crippen molar-refractivity contribution in [3.05, 3.63) is 230 Å². The molecule has 284 valence electrons. The van der Waals surface area contributed by atoms with Gasteiger partial charge in [-0.1, -0.05) is 188 Å². The van der Waals surface area contributed by atoms with Crippen LogP contribution in [0.4, 0.5) is 0 Å². The van der Waals surface area contributed by atoms with E-state index in [9.17, 15) is 0 Å². The van der Waals surface area contributed by atoms with Gasteiger partial charge in [0.05, 0.1) is 0 Å². The molecule has 0 radical (unpaired) electrons. The van der Waals surface area contributed by atoms with E-state index in [4.69, 9.17) is 0 Å². The zero-order valence-corrected chi connectivity index (χ0v) is 33.9. The third-order valence-electron chi connectivity index (χ3n) is 12.9. The van der Waals surface area contributed by atoms with Gasteiger partial charge in [0.25, 0.3) is 0 Å². The standard InChI is InChI=1S/C61H40/c1-39-32-55-60(54(43-24-12-5-13-25-43)38-58-48-29-17-15-27-46(48)52(36-61(55)58)41-20-8-3-9-21-41)34-50(39)44-30-31-49-56(33-44)53(42-22-10-4-11-23-42)37-57-47-28-16-14-26-45(47)51(35-59(49)57)40-18-6-2-7-19-40/h2-38H,1H3. The first-order valence-electron chi connectivity index (χ1n) is 21.2. The van der Waals surface area contributed by atoms with Gasteiger partial charge in [-0.2, -0.15) is 0 Å². The fourth-order valence-corrected chi connectivity index (χ4v) is 10.1. The molecule has 0 aromatic heterocycles. The maximum absolute atomic E-state index is 2.47. The van der Waals surface area contributed by atoms with Gasteiger partial charge in [-0.15, -0.1) is 0 Å². The third kappa shape index (κ3) is 5.75. The highest BCUT2D eigenvalue weighted by atomic mass is 14.2. The minimum absolute atomic E-state index is 1.22. The van der Waals surface area contributed by atoms with Crippen LogP contribution in [0, 0.1) is 6.92 Å². The lowest BCUT2D eigenvalue weighted by molar-refractivity contribution is 1.49. The molecule has 0 heterocycles. The van der Waals surface area contributed by atoms with Crippen LogP contribution in [0.3, 0.4) is 0 Å². The Morgan fingerprint density at radius 1 is 0.180 bits per heavy atom. The zero-order chi connectivity index (χ0) is 40.4. The van der Waals surface area contributed by atoms with Gasteiger partial charge in [-0.05, 0) is 169 Å². The van der Waals surface area contributed by atoms with E-state index in [1.165, 1.54) is 126 Å². The fourth-order valence-electron chi connectivity index (χ4n) is 10.1. The van der Waals surface area contributed by atoms with Crippen molar-refractivity contribution in [1.29, 1.82) is 0 Å². The molecule has 0 saturated carbocycles. The predicted octanol–water partition coefficient (Wildman–Crippen LogP) is 17.2. The Morgan fingerprint density at radius 3 is 0.902 bits per heavy atom. The zero-order valence-electron chi connectivity index (χ0n) is 33.9. The number of hydrogen-bond donors (Lipinski definition) is 0. The molecular weight excluding hydrogens is 733 g/mol. The van der Waals surface area contributed by atoms with Gasteiger partial charge in [0.2, 0.25) is 0 Å². The first kappa shape index (κ1) is 35.2. The summed E-state index contributed by atoms with van der Waals surface area (Å²) in [6.07, 6.45) is 0. The van der Waals surface area contributed by atoms with E-state index in [0.717, 1.165) is 0 Å². The minimum Gasteiger partial charge on any atom is -0.0622 e. The summed E-state index contributed by atoms with van der Waals surface area (Å²) >= 11 is 0. The molecule has 0 aliphatic carbocycles. The second kappa shape index (κ2) is 14.2. The first-order chi connectivity index (χ1) is 30.2. The summed E-state index contributed by atoms with van der Waals surface area (Å²) < 4.78 is 0. The van der Waals surface area contributed by atoms with Crippen molar-refractivity contribution in [1.82, 2.24) is 0 Å². The van der Waals surface area contributed by atoms with Crippen molar-refractivity contribution in [3.8, 4) is 55.6 Å². The first-order valence-corrected chi connectivity index (χ1v) is 21.2. The van der Waals surface area contributed by atoms with Crippen LogP contribution in [-0.4, -0.2) is 0 Å². The number of benzene rings is 12. The number of rotatable bonds is 5. The second-order valence-corrected chi connectivity index (χ2v) is 16.4. The quantitative estimate of drug-likeness (QED) is 0.153. The molecule has 0 aliphatic rings. The lowest BCUT2D eigenvalue weighted by Gasteiger charge is -2.19. The van der Waals surface area contributed by atoms with Gasteiger partial charge in [0.15, 0.2) is 0 Å². The predicted molar refractivity (Wildman–Crippen MR) is 263 cm³/mol. The number of fused-ring (bicyclic) bond motifs is 10. The molecule has 0 nitrogen and oxygen atoms in total. The Balaban J connectivity index is 1.15. The van der Waals surface area contributed by atoms with Gasteiger partial charge >= 0.3 is 0 Å². The molecule has 61 heavy (non-hydrogen) atoms. The maximum atomic E-state index is 2.47. The van der Waals surface area contributed by atoms with Crippen LogP contribution in [0.25, 0.3) is 120 Å². The van der Waals surface area contributed by atoms with Gasteiger partial charge in [0, 0.05) is 0 Å². The van der Waals surface area contributed by atoms with Crippen molar-refractivity contribution < 1.29 is 0 Å². The Morgan fingerprint density at radius 2 is 0.475 bits per heavy atom. The Bertz CT molecular complexity index is 3660. The lowest BCUT2D eigenvalue weighted by Crippen LogP contribution is -1.93. The molecular formula is C61H40. The van der Waals surface area contributed by atoms with Gasteiger partial charge < -0.3 is 0 Å². The lowest BCUT2D eigenvalue weighted by atomic mass is 9.84. The molecule has 0 amide bonds. The van der Waals surface area contributed by atoms with Gasteiger partial charge in [0.1, 0.15) is 0 Å². The summed E-state index contributed by atoms with van der Waals surface area (Å²) in [6.45, 7) is 2.29.